The van der Waals surface area contributed by atoms with Crippen molar-refractivity contribution in [2.45, 2.75) is 6.43 Å². The van der Waals surface area contributed by atoms with Crippen LogP contribution in [0.2, 0.25) is 5.15 Å². The van der Waals surface area contributed by atoms with E-state index >= 15 is 0 Å². The summed E-state index contributed by atoms with van der Waals surface area (Å²) < 4.78 is 34.5. The number of pyridine rings is 1. The van der Waals surface area contributed by atoms with E-state index in [1.54, 1.807) is 0 Å². The van der Waals surface area contributed by atoms with Crippen LogP contribution >= 0.6 is 11.6 Å². The molecular formula is C8H8ClF2NO2. The first-order chi connectivity index (χ1) is 6.60. The Balaban J connectivity index is 3.33. The summed E-state index contributed by atoms with van der Waals surface area (Å²) in [5.74, 6) is -0.249. The molecule has 0 aliphatic rings. The lowest BCUT2D eigenvalue weighted by molar-refractivity contribution is 0.141. The Kier molecular flexibility index (Phi) is 3.46. The number of hydrogen-bond acceptors (Lipinski definition) is 3. The summed E-state index contributed by atoms with van der Waals surface area (Å²) in [5, 5.41) is 0.0445. The van der Waals surface area contributed by atoms with E-state index in [2.05, 4.69) is 9.72 Å². The highest BCUT2D eigenvalue weighted by Gasteiger charge is 2.22. The van der Waals surface area contributed by atoms with Gasteiger partial charge in [0.15, 0.2) is 0 Å². The third-order valence-electron chi connectivity index (χ3n) is 1.59. The Morgan fingerprint density at radius 3 is 2.43 bits per heavy atom. The second-order valence-electron chi connectivity index (χ2n) is 2.37. The third kappa shape index (κ3) is 2.04. The molecular weight excluding hydrogens is 216 g/mol. The Labute approximate surface area is 84.6 Å². The summed E-state index contributed by atoms with van der Waals surface area (Å²) in [6, 6.07) is 1.21. The molecule has 0 fully saturated rings. The van der Waals surface area contributed by atoms with Gasteiger partial charge in [0.1, 0.15) is 16.5 Å². The predicted molar refractivity (Wildman–Crippen MR) is 47.3 cm³/mol. The number of alkyl halides is 2. The molecule has 0 amide bonds. The molecule has 1 aromatic rings. The van der Waals surface area contributed by atoms with Gasteiger partial charge in [-0.25, -0.2) is 13.8 Å². The van der Waals surface area contributed by atoms with Gasteiger partial charge in [-0.3, -0.25) is 0 Å². The van der Waals surface area contributed by atoms with E-state index in [0.717, 1.165) is 0 Å². The summed E-state index contributed by atoms with van der Waals surface area (Å²) in [5.41, 5.74) is -0.389. The standard InChI is InChI=1S/C8H8ClF2NO2/c1-13-4-3-5(9)12-8(14-2)6(4)7(10)11/h3,7H,1-2H3. The van der Waals surface area contributed by atoms with E-state index < -0.39 is 6.43 Å². The number of halogens is 3. The average molecular weight is 224 g/mol. The van der Waals surface area contributed by atoms with Crippen molar-refractivity contribution in [1.29, 1.82) is 0 Å². The van der Waals surface area contributed by atoms with Gasteiger partial charge in [-0.15, -0.1) is 0 Å². The minimum Gasteiger partial charge on any atom is -0.496 e. The molecule has 0 N–H and O–H groups in total. The van der Waals surface area contributed by atoms with Crippen molar-refractivity contribution in [3.8, 4) is 11.6 Å². The molecule has 1 aromatic heterocycles. The minimum atomic E-state index is -2.72. The monoisotopic (exact) mass is 223 g/mol. The topological polar surface area (TPSA) is 31.4 Å². The van der Waals surface area contributed by atoms with Gasteiger partial charge in [-0.2, -0.15) is 0 Å². The van der Waals surface area contributed by atoms with Crippen LogP contribution in [0.3, 0.4) is 0 Å². The van der Waals surface area contributed by atoms with Crippen molar-refractivity contribution >= 4 is 11.6 Å². The molecule has 0 aromatic carbocycles. The van der Waals surface area contributed by atoms with Gasteiger partial charge >= 0.3 is 0 Å². The molecule has 1 heterocycles. The lowest BCUT2D eigenvalue weighted by Crippen LogP contribution is -1.99. The predicted octanol–water partition coefficient (Wildman–Crippen LogP) is 2.69. The molecule has 0 saturated heterocycles. The number of rotatable bonds is 3. The summed E-state index contributed by atoms with van der Waals surface area (Å²) in [6.07, 6.45) is -2.72. The first-order valence-corrected chi connectivity index (χ1v) is 4.04. The second kappa shape index (κ2) is 4.41. The first kappa shape index (κ1) is 11.0. The molecule has 0 atom stereocenters. The minimum absolute atomic E-state index is 0.0307. The van der Waals surface area contributed by atoms with Crippen LogP contribution in [0.4, 0.5) is 8.78 Å². The Hall–Kier alpha value is -1.10. The Bertz CT molecular complexity index is 308. The molecule has 0 unspecified atom stereocenters. The molecule has 0 aliphatic carbocycles. The first-order valence-electron chi connectivity index (χ1n) is 3.66. The van der Waals surface area contributed by atoms with Crippen LogP contribution in [-0.4, -0.2) is 19.2 Å². The smallest absolute Gasteiger partial charge is 0.272 e. The summed E-state index contributed by atoms with van der Waals surface area (Å²) >= 11 is 5.57. The van der Waals surface area contributed by atoms with Crippen molar-refractivity contribution in [1.82, 2.24) is 4.98 Å². The van der Waals surface area contributed by atoms with Gasteiger partial charge in [0.2, 0.25) is 5.88 Å². The molecule has 1 rings (SSSR count). The van der Waals surface area contributed by atoms with Gasteiger partial charge < -0.3 is 9.47 Å². The van der Waals surface area contributed by atoms with Crippen LogP contribution in [-0.2, 0) is 0 Å². The van der Waals surface area contributed by atoms with Crippen LogP contribution in [0.15, 0.2) is 6.07 Å². The number of hydrogen-bond donors (Lipinski definition) is 0. The summed E-state index contributed by atoms with van der Waals surface area (Å²) in [6.45, 7) is 0. The Morgan fingerprint density at radius 1 is 1.36 bits per heavy atom. The van der Waals surface area contributed by atoms with Gasteiger partial charge in [0.25, 0.3) is 6.43 Å². The quantitative estimate of drug-likeness (QED) is 0.739. The average Bonchev–Trinajstić information content (AvgIpc) is 2.15. The number of ether oxygens (including phenoxy) is 2. The van der Waals surface area contributed by atoms with Crippen LogP contribution in [0.1, 0.15) is 12.0 Å². The largest absolute Gasteiger partial charge is 0.496 e. The number of nitrogens with zero attached hydrogens (tertiary/aromatic N) is 1. The van der Waals surface area contributed by atoms with Crippen molar-refractivity contribution < 1.29 is 18.3 Å². The van der Waals surface area contributed by atoms with E-state index in [1.807, 2.05) is 0 Å². The molecule has 0 spiro atoms. The molecule has 6 heteroatoms. The van der Waals surface area contributed by atoms with E-state index in [9.17, 15) is 8.78 Å². The number of methoxy groups -OCH3 is 2. The maximum absolute atomic E-state index is 12.6. The highest BCUT2D eigenvalue weighted by molar-refractivity contribution is 6.29. The molecule has 14 heavy (non-hydrogen) atoms. The zero-order valence-corrected chi connectivity index (χ0v) is 8.31. The molecule has 3 nitrogen and oxygen atoms in total. The Morgan fingerprint density at radius 2 is 2.00 bits per heavy atom. The van der Waals surface area contributed by atoms with Crippen LogP contribution < -0.4 is 9.47 Å². The molecule has 0 saturated carbocycles. The lowest BCUT2D eigenvalue weighted by Gasteiger charge is -2.11. The molecule has 0 bridgehead atoms. The molecule has 0 aliphatic heterocycles. The van der Waals surface area contributed by atoms with Crippen LogP contribution in [0.5, 0.6) is 11.6 Å². The fourth-order valence-corrected chi connectivity index (χ4v) is 1.18. The van der Waals surface area contributed by atoms with Crippen molar-refractivity contribution in [3.05, 3.63) is 16.8 Å². The van der Waals surface area contributed by atoms with E-state index in [0.29, 0.717) is 0 Å². The van der Waals surface area contributed by atoms with Crippen molar-refractivity contribution in [3.63, 3.8) is 0 Å². The van der Waals surface area contributed by atoms with Gasteiger partial charge in [0.05, 0.1) is 14.2 Å². The van der Waals surface area contributed by atoms with Crippen molar-refractivity contribution in [2.24, 2.45) is 0 Å². The van der Waals surface area contributed by atoms with E-state index in [1.165, 1.54) is 20.3 Å². The highest BCUT2D eigenvalue weighted by atomic mass is 35.5. The summed E-state index contributed by atoms with van der Waals surface area (Å²) in [4.78, 5) is 3.60. The van der Waals surface area contributed by atoms with Crippen molar-refractivity contribution in [2.75, 3.05) is 14.2 Å². The summed E-state index contributed by atoms with van der Waals surface area (Å²) in [7, 11) is 2.51. The van der Waals surface area contributed by atoms with E-state index in [4.69, 9.17) is 16.3 Å². The normalized spacial score (nSPS) is 10.4. The van der Waals surface area contributed by atoms with E-state index in [-0.39, 0.29) is 22.3 Å². The zero-order valence-electron chi connectivity index (χ0n) is 7.55. The SMILES string of the molecule is COc1cc(Cl)nc(OC)c1C(F)F. The van der Waals surface area contributed by atoms with Crippen LogP contribution in [0.25, 0.3) is 0 Å². The van der Waals surface area contributed by atoms with Gasteiger partial charge in [-0.05, 0) is 0 Å². The maximum Gasteiger partial charge on any atom is 0.272 e. The van der Waals surface area contributed by atoms with Crippen LogP contribution in [0, 0.1) is 0 Å². The fourth-order valence-electron chi connectivity index (χ4n) is 1.01. The zero-order chi connectivity index (χ0) is 10.7. The lowest BCUT2D eigenvalue weighted by atomic mass is 10.2. The molecule has 78 valence electrons. The highest BCUT2D eigenvalue weighted by Crippen LogP contribution is 2.36. The maximum atomic E-state index is 12.6. The number of aromatic nitrogens is 1. The second-order valence-corrected chi connectivity index (χ2v) is 2.76. The third-order valence-corrected chi connectivity index (χ3v) is 1.78. The fraction of sp³-hybridized carbons (Fsp3) is 0.375. The molecule has 0 radical (unpaired) electrons. The van der Waals surface area contributed by atoms with Gasteiger partial charge in [0, 0.05) is 6.07 Å². The van der Waals surface area contributed by atoms with Gasteiger partial charge in [-0.1, -0.05) is 11.6 Å².